The predicted molar refractivity (Wildman–Crippen MR) is 91.6 cm³/mol. The molecule has 4 nitrogen and oxygen atoms in total. The van der Waals surface area contributed by atoms with Gasteiger partial charge in [-0.1, -0.05) is 13.0 Å². The van der Waals surface area contributed by atoms with Crippen molar-refractivity contribution in [3.05, 3.63) is 45.6 Å². The number of fused-ring (bicyclic) bond motifs is 1. The van der Waals surface area contributed by atoms with Gasteiger partial charge in [0.25, 0.3) is 5.91 Å². The number of para-hydroxylation sites is 1. The highest BCUT2D eigenvalue weighted by Crippen LogP contribution is 2.38. The maximum atomic E-state index is 13.1. The molecule has 3 rings (SSSR count). The fourth-order valence-corrected chi connectivity index (χ4v) is 4.22. The smallest absolute Gasteiger partial charge is 0.258 e. The quantitative estimate of drug-likeness (QED) is 0.852. The van der Waals surface area contributed by atoms with Crippen LogP contribution < -0.4 is 9.47 Å². The van der Waals surface area contributed by atoms with Gasteiger partial charge < -0.3 is 14.4 Å². The van der Waals surface area contributed by atoms with Crippen LogP contribution in [-0.4, -0.2) is 31.6 Å². The van der Waals surface area contributed by atoms with Gasteiger partial charge in [0.15, 0.2) is 11.5 Å². The second-order valence-electron chi connectivity index (χ2n) is 5.51. The summed E-state index contributed by atoms with van der Waals surface area (Å²) in [6, 6.07) is 7.72. The molecule has 1 aromatic heterocycles. The lowest BCUT2D eigenvalue weighted by Crippen LogP contribution is -2.39. The van der Waals surface area contributed by atoms with E-state index in [1.165, 1.54) is 10.4 Å². The van der Waals surface area contributed by atoms with Gasteiger partial charge in [-0.2, -0.15) is 0 Å². The highest BCUT2D eigenvalue weighted by Gasteiger charge is 2.32. The number of hydrogen-bond donors (Lipinski definition) is 0. The van der Waals surface area contributed by atoms with Crippen molar-refractivity contribution in [3.63, 3.8) is 0 Å². The summed E-state index contributed by atoms with van der Waals surface area (Å²) in [4.78, 5) is 16.5. The number of thiophene rings is 1. The van der Waals surface area contributed by atoms with Crippen molar-refractivity contribution >= 4 is 17.2 Å². The summed E-state index contributed by atoms with van der Waals surface area (Å²) in [6.07, 6.45) is 1.82. The zero-order valence-corrected chi connectivity index (χ0v) is 14.5. The highest BCUT2D eigenvalue weighted by molar-refractivity contribution is 7.10. The Labute approximate surface area is 140 Å². The lowest BCUT2D eigenvalue weighted by Gasteiger charge is -2.35. The van der Waals surface area contributed by atoms with Crippen LogP contribution in [0, 0.1) is 0 Å². The molecule has 23 heavy (non-hydrogen) atoms. The number of methoxy groups -OCH3 is 2. The molecule has 0 fully saturated rings. The van der Waals surface area contributed by atoms with Crippen LogP contribution in [0.4, 0.5) is 0 Å². The molecular weight excluding hydrogens is 310 g/mol. The Morgan fingerprint density at radius 1 is 1.30 bits per heavy atom. The maximum Gasteiger partial charge on any atom is 0.258 e. The fraction of sp³-hybridized carbons (Fsp3) is 0.389. The molecule has 1 unspecified atom stereocenters. The molecule has 1 aliphatic heterocycles. The van der Waals surface area contributed by atoms with Crippen LogP contribution in [-0.2, 0) is 6.42 Å². The molecule has 1 amide bonds. The highest BCUT2D eigenvalue weighted by atomic mass is 32.1. The number of ether oxygens (including phenoxy) is 2. The van der Waals surface area contributed by atoms with Crippen molar-refractivity contribution < 1.29 is 14.3 Å². The molecule has 0 bridgehead atoms. The second-order valence-corrected chi connectivity index (χ2v) is 6.51. The van der Waals surface area contributed by atoms with Gasteiger partial charge in [0.2, 0.25) is 0 Å². The molecule has 0 N–H and O–H groups in total. The van der Waals surface area contributed by atoms with Gasteiger partial charge in [-0.05, 0) is 42.0 Å². The van der Waals surface area contributed by atoms with E-state index in [2.05, 4.69) is 18.4 Å². The number of benzene rings is 1. The molecule has 1 atom stereocenters. The molecule has 2 aromatic rings. The van der Waals surface area contributed by atoms with Gasteiger partial charge in [0.1, 0.15) is 0 Å². The van der Waals surface area contributed by atoms with Crippen molar-refractivity contribution in [3.8, 4) is 11.5 Å². The standard InChI is InChI=1S/C18H21NO3S/c1-4-14-12-9-11-23-16(12)8-10-19(14)18(20)13-6-5-7-15(21-2)17(13)22-3/h5-7,9,11,14H,4,8,10H2,1-3H3. The summed E-state index contributed by atoms with van der Waals surface area (Å²) in [5, 5.41) is 2.12. The van der Waals surface area contributed by atoms with Crippen LogP contribution in [0.3, 0.4) is 0 Å². The second kappa shape index (κ2) is 6.62. The monoisotopic (exact) mass is 331 g/mol. The van der Waals surface area contributed by atoms with Crippen LogP contribution in [0.1, 0.15) is 40.2 Å². The maximum absolute atomic E-state index is 13.1. The molecule has 5 heteroatoms. The van der Waals surface area contributed by atoms with E-state index >= 15 is 0 Å². The third-order valence-electron chi connectivity index (χ3n) is 4.38. The SMILES string of the molecule is CCC1c2ccsc2CCN1C(=O)c1cccc(OC)c1OC. The first-order valence-corrected chi connectivity index (χ1v) is 8.67. The molecular formula is C18H21NO3S. The molecule has 1 aromatic carbocycles. The summed E-state index contributed by atoms with van der Waals surface area (Å²) in [6.45, 7) is 2.87. The minimum atomic E-state index is 0.00412. The van der Waals surface area contributed by atoms with E-state index in [0.717, 1.165) is 19.4 Å². The first kappa shape index (κ1) is 15.9. The van der Waals surface area contributed by atoms with Gasteiger partial charge in [0, 0.05) is 11.4 Å². The van der Waals surface area contributed by atoms with Gasteiger partial charge >= 0.3 is 0 Å². The topological polar surface area (TPSA) is 38.8 Å². The Kier molecular flexibility index (Phi) is 4.57. The van der Waals surface area contributed by atoms with Crippen molar-refractivity contribution in [2.24, 2.45) is 0 Å². The lowest BCUT2D eigenvalue weighted by molar-refractivity contribution is 0.0653. The van der Waals surface area contributed by atoms with E-state index < -0.39 is 0 Å². The zero-order valence-electron chi connectivity index (χ0n) is 13.7. The van der Waals surface area contributed by atoms with Crippen LogP contribution in [0.2, 0.25) is 0 Å². The number of amides is 1. The molecule has 0 aliphatic carbocycles. The molecule has 1 aliphatic rings. The summed E-state index contributed by atoms with van der Waals surface area (Å²) < 4.78 is 10.7. The van der Waals surface area contributed by atoms with E-state index in [1.807, 2.05) is 11.0 Å². The first-order chi connectivity index (χ1) is 11.2. The molecule has 122 valence electrons. The van der Waals surface area contributed by atoms with Crippen molar-refractivity contribution in [1.29, 1.82) is 0 Å². The fourth-order valence-electron chi connectivity index (χ4n) is 3.29. The number of rotatable bonds is 4. The number of carbonyl (C=O) groups is 1. The van der Waals surface area contributed by atoms with Gasteiger partial charge in [0.05, 0.1) is 25.8 Å². The summed E-state index contributed by atoms with van der Waals surface area (Å²) in [5.41, 5.74) is 1.85. The lowest BCUT2D eigenvalue weighted by atomic mass is 9.96. The third kappa shape index (κ3) is 2.70. The van der Waals surface area contributed by atoms with Crippen molar-refractivity contribution in [1.82, 2.24) is 4.90 Å². The number of nitrogens with zero attached hydrogens (tertiary/aromatic N) is 1. The normalized spacial score (nSPS) is 16.8. The third-order valence-corrected chi connectivity index (χ3v) is 5.37. The average molecular weight is 331 g/mol. The largest absolute Gasteiger partial charge is 0.493 e. The minimum absolute atomic E-state index is 0.00412. The van der Waals surface area contributed by atoms with Gasteiger partial charge in [-0.25, -0.2) is 0 Å². The minimum Gasteiger partial charge on any atom is -0.493 e. The molecule has 0 saturated carbocycles. The summed E-state index contributed by atoms with van der Waals surface area (Å²) in [5.74, 6) is 1.09. The van der Waals surface area contributed by atoms with E-state index in [4.69, 9.17) is 9.47 Å². The number of carbonyl (C=O) groups excluding carboxylic acids is 1. The van der Waals surface area contributed by atoms with Gasteiger partial charge in [-0.3, -0.25) is 4.79 Å². The van der Waals surface area contributed by atoms with E-state index in [-0.39, 0.29) is 11.9 Å². The Morgan fingerprint density at radius 2 is 2.13 bits per heavy atom. The zero-order chi connectivity index (χ0) is 16.4. The number of hydrogen-bond acceptors (Lipinski definition) is 4. The predicted octanol–water partition coefficient (Wildman–Crippen LogP) is 3.91. The van der Waals surface area contributed by atoms with Gasteiger partial charge in [-0.15, -0.1) is 11.3 Å². The van der Waals surface area contributed by atoms with E-state index in [1.54, 1.807) is 37.7 Å². The average Bonchev–Trinajstić information content (AvgIpc) is 3.08. The summed E-state index contributed by atoms with van der Waals surface area (Å²) in [7, 11) is 3.15. The summed E-state index contributed by atoms with van der Waals surface area (Å²) >= 11 is 1.79. The van der Waals surface area contributed by atoms with Crippen LogP contribution in [0.5, 0.6) is 11.5 Å². The molecule has 0 saturated heterocycles. The van der Waals surface area contributed by atoms with E-state index in [0.29, 0.717) is 17.1 Å². The Bertz CT molecular complexity index is 710. The van der Waals surface area contributed by atoms with Crippen LogP contribution >= 0.6 is 11.3 Å². The Hall–Kier alpha value is -2.01. The van der Waals surface area contributed by atoms with Crippen molar-refractivity contribution in [2.75, 3.05) is 20.8 Å². The first-order valence-electron chi connectivity index (χ1n) is 7.79. The van der Waals surface area contributed by atoms with Crippen LogP contribution in [0.25, 0.3) is 0 Å². The van der Waals surface area contributed by atoms with E-state index in [9.17, 15) is 4.79 Å². The Morgan fingerprint density at radius 3 is 2.83 bits per heavy atom. The van der Waals surface area contributed by atoms with Crippen LogP contribution in [0.15, 0.2) is 29.6 Å². The molecule has 0 spiro atoms. The van der Waals surface area contributed by atoms with Crippen molar-refractivity contribution in [2.45, 2.75) is 25.8 Å². The Balaban J connectivity index is 1.98. The molecule has 2 heterocycles. The molecule has 0 radical (unpaired) electrons.